The number of amidine groups is 1. The van der Waals surface area contributed by atoms with E-state index in [1.807, 2.05) is 0 Å². The molecule has 1 aliphatic heterocycles. The Bertz CT molecular complexity index is 623. The fourth-order valence-electron chi connectivity index (χ4n) is 2.04. The van der Waals surface area contributed by atoms with E-state index >= 15 is 0 Å². The minimum atomic E-state index is -1.26. The summed E-state index contributed by atoms with van der Waals surface area (Å²) in [6.07, 6.45) is 0.909. The van der Waals surface area contributed by atoms with Crippen LogP contribution in [0.5, 0.6) is 5.75 Å². The van der Waals surface area contributed by atoms with Gasteiger partial charge in [-0.15, -0.1) is 0 Å². The standard InChI is InChI=1S/C13H13N3O5/c1-21-10-4-2-9(3-5-10)13(7-6-12(17)18)14-8-11(15-13)16(19)20/h2-5,8H,6-7H2,1H3,(H,17,18)/t13-/m0/s1. The second kappa shape index (κ2) is 5.70. The highest BCUT2D eigenvalue weighted by atomic mass is 16.6. The van der Waals surface area contributed by atoms with Gasteiger partial charge in [0, 0.05) is 12.0 Å². The van der Waals surface area contributed by atoms with Gasteiger partial charge in [-0.25, -0.2) is 4.99 Å². The van der Waals surface area contributed by atoms with Crippen LogP contribution in [0.4, 0.5) is 0 Å². The fourth-order valence-corrected chi connectivity index (χ4v) is 2.04. The van der Waals surface area contributed by atoms with Crippen LogP contribution in [-0.2, 0) is 10.5 Å². The quantitative estimate of drug-likeness (QED) is 0.651. The zero-order valence-corrected chi connectivity index (χ0v) is 11.2. The molecule has 2 rings (SSSR count). The average Bonchev–Trinajstić information content (AvgIpc) is 2.91. The van der Waals surface area contributed by atoms with Gasteiger partial charge in [0.2, 0.25) is 0 Å². The Hall–Kier alpha value is -2.77. The molecule has 110 valence electrons. The molecule has 1 aromatic carbocycles. The van der Waals surface area contributed by atoms with Crippen LogP contribution in [0.1, 0.15) is 18.4 Å². The number of methoxy groups -OCH3 is 1. The van der Waals surface area contributed by atoms with E-state index in [1.165, 1.54) is 7.11 Å². The van der Waals surface area contributed by atoms with Crippen molar-refractivity contribution >= 4 is 18.0 Å². The van der Waals surface area contributed by atoms with Gasteiger partial charge in [0.05, 0.1) is 13.5 Å². The van der Waals surface area contributed by atoms with Crippen LogP contribution in [0.2, 0.25) is 0 Å². The first-order valence-corrected chi connectivity index (χ1v) is 6.13. The molecular formula is C13H13N3O5. The van der Waals surface area contributed by atoms with Gasteiger partial charge < -0.3 is 20.0 Å². The van der Waals surface area contributed by atoms with E-state index in [-0.39, 0.29) is 18.7 Å². The number of carboxylic acids is 1. The lowest BCUT2D eigenvalue weighted by molar-refractivity contribution is -0.345. The first kappa shape index (κ1) is 14.6. The predicted octanol–water partition coefficient (Wildman–Crippen LogP) is 1.47. The number of aliphatic carboxylic acids is 1. The number of nitrogens with zero attached hydrogens (tertiary/aromatic N) is 3. The van der Waals surface area contributed by atoms with Crippen LogP contribution in [0.15, 0.2) is 34.3 Å². The molecule has 0 spiro atoms. The van der Waals surface area contributed by atoms with Gasteiger partial charge in [0.15, 0.2) is 0 Å². The second-order valence-electron chi connectivity index (χ2n) is 4.42. The smallest absolute Gasteiger partial charge is 0.379 e. The van der Waals surface area contributed by atoms with Gasteiger partial charge in [-0.2, -0.15) is 0 Å². The van der Waals surface area contributed by atoms with Crippen LogP contribution in [0.25, 0.3) is 0 Å². The Morgan fingerprint density at radius 2 is 2.10 bits per heavy atom. The third kappa shape index (κ3) is 3.04. The fraction of sp³-hybridized carbons (Fsp3) is 0.308. The van der Waals surface area contributed by atoms with E-state index in [4.69, 9.17) is 9.84 Å². The molecule has 1 aliphatic rings. The molecule has 0 saturated heterocycles. The Kier molecular flexibility index (Phi) is 3.97. The molecule has 0 amide bonds. The summed E-state index contributed by atoms with van der Waals surface area (Å²) in [7, 11) is 1.52. The summed E-state index contributed by atoms with van der Waals surface area (Å²) in [5.74, 6) is -0.772. The largest absolute Gasteiger partial charge is 0.497 e. The highest BCUT2D eigenvalue weighted by Gasteiger charge is 2.43. The number of carboxylic acid groups (broad SMARTS) is 1. The first-order chi connectivity index (χ1) is 9.97. The highest BCUT2D eigenvalue weighted by molar-refractivity contribution is 6.26. The third-order valence-corrected chi connectivity index (χ3v) is 3.12. The summed E-state index contributed by atoms with van der Waals surface area (Å²) in [5, 5.41) is 19.6. The van der Waals surface area contributed by atoms with Crippen LogP contribution < -0.4 is 4.74 Å². The number of rotatable bonds is 5. The molecular weight excluding hydrogens is 278 g/mol. The molecule has 0 unspecified atom stereocenters. The summed E-state index contributed by atoms with van der Waals surface area (Å²) >= 11 is 0. The average molecular weight is 291 g/mol. The van der Waals surface area contributed by atoms with Gasteiger partial charge >= 0.3 is 11.8 Å². The number of benzene rings is 1. The van der Waals surface area contributed by atoms with Crippen molar-refractivity contribution in [3.05, 3.63) is 39.9 Å². The third-order valence-electron chi connectivity index (χ3n) is 3.12. The van der Waals surface area contributed by atoms with E-state index in [9.17, 15) is 14.9 Å². The number of aliphatic imine (C=N–C) groups is 2. The number of nitro groups is 1. The van der Waals surface area contributed by atoms with Crippen LogP contribution >= 0.6 is 0 Å². The molecule has 1 atom stereocenters. The van der Waals surface area contributed by atoms with Crippen molar-refractivity contribution in [1.82, 2.24) is 0 Å². The van der Waals surface area contributed by atoms with Crippen LogP contribution in [0.3, 0.4) is 0 Å². The van der Waals surface area contributed by atoms with E-state index < -0.39 is 16.6 Å². The van der Waals surface area contributed by atoms with Gasteiger partial charge in [0.25, 0.3) is 5.66 Å². The van der Waals surface area contributed by atoms with Gasteiger partial charge in [0.1, 0.15) is 12.0 Å². The van der Waals surface area contributed by atoms with E-state index in [2.05, 4.69) is 9.98 Å². The number of hydrogen-bond acceptors (Lipinski definition) is 6. The zero-order valence-electron chi connectivity index (χ0n) is 11.2. The van der Waals surface area contributed by atoms with Crippen molar-refractivity contribution in [2.24, 2.45) is 9.98 Å². The Balaban J connectivity index is 2.39. The second-order valence-corrected chi connectivity index (χ2v) is 4.42. The lowest BCUT2D eigenvalue weighted by Gasteiger charge is -2.17. The molecule has 8 heteroatoms. The summed E-state index contributed by atoms with van der Waals surface area (Å²) in [4.78, 5) is 29.1. The molecule has 8 nitrogen and oxygen atoms in total. The molecule has 21 heavy (non-hydrogen) atoms. The SMILES string of the molecule is COc1ccc([C@@]2(CCC(=O)O)N=CC([N+](=O)[O-])=N2)cc1. The van der Waals surface area contributed by atoms with Gasteiger partial charge in [-0.3, -0.25) is 4.79 Å². The maximum atomic E-state index is 10.8. The number of hydrogen-bond donors (Lipinski definition) is 1. The number of carbonyl (C=O) groups is 1. The molecule has 0 radical (unpaired) electrons. The maximum absolute atomic E-state index is 10.8. The summed E-state index contributed by atoms with van der Waals surface area (Å²) < 4.78 is 5.05. The molecule has 0 fully saturated rings. The van der Waals surface area contributed by atoms with Crippen LogP contribution in [-0.4, -0.2) is 35.2 Å². The number of ether oxygens (including phenoxy) is 1. The maximum Gasteiger partial charge on any atom is 0.379 e. The Morgan fingerprint density at radius 3 is 2.57 bits per heavy atom. The van der Waals surface area contributed by atoms with Crippen molar-refractivity contribution in [3.63, 3.8) is 0 Å². The van der Waals surface area contributed by atoms with Gasteiger partial charge in [-0.1, -0.05) is 0 Å². The lowest BCUT2D eigenvalue weighted by Crippen LogP contribution is -2.21. The van der Waals surface area contributed by atoms with Crippen molar-refractivity contribution in [1.29, 1.82) is 0 Å². The molecule has 0 bridgehead atoms. The minimum Gasteiger partial charge on any atom is -0.497 e. The molecule has 1 aromatic rings. The monoisotopic (exact) mass is 291 g/mol. The highest BCUT2D eigenvalue weighted by Crippen LogP contribution is 2.36. The zero-order chi connectivity index (χ0) is 15.5. The van der Waals surface area contributed by atoms with Crippen molar-refractivity contribution in [2.45, 2.75) is 18.5 Å². The lowest BCUT2D eigenvalue weighted by atomic mass is 9.95. The Labute approximate surface area is 119 Å². The molecule has 1 N–H and O–H groups in total. The summed E-state index contributed by atoms with van der Waals surface area (Å²) in [6, 6.07) is 6.69. The van der Waals surface area contributed by atoms with Crippen molar-refractivity contribution < 1.29 is 19.6 Å². The summed E-state index contributed by atoms with van der Waals surface area (Å²) in [5.41, 5.74) is -0.676. The normalized spacial score (nSPS) is 20.1. The topological polar surface area (TPSA) is 114 Å². The predicted molar refractivity (Wildman–Crippen MR) is 74.5 cm³/mol. The van der Waals surface area contributed by atoms with E-state index in [0.29, 0.717) is 11.3 Å². The van der Waals surface area contributed by atoms with Crippen molar-refractivity contribution in [3.8, 4) is 5.75 Å². The van der Waals surface area contributed by atoms with E-state index in [1.54, 1.807) is 24.3 Å². The molecule has 0 aliphatic carbocycles. The van der Waals surface area contributed by atoms with E-state index in [0.717, 1.165) is 6.21 Å². The molecule has 0 aromatic heterocycles. The molecule has 0 saturated carbocycles. The first-order valence-electron chi connectivity index (χ1n) is 6.13. The van der Waals surface area contributed by atoms with Gasteiger partial charge in [-0.05, 0) is 34.2 Å². The van der Waals surface area contributed by atoms with Crippen LogP contribution in [0, 0.1) is 10.1 Å². The molecule has 1 heterocycles. The van der Waals surface area contributed by atoms with Crippen molar-refractivity contribution in [2.75, 3.05) is 7.11 Å². The summed E-state index contributed by atoms with van der Waals surface area (Å²) in [6.45, 7) is 0. The Morgan fingerprint density at radius 1 is 1.43 bits per heavy atom. The minimum absolute atomic E-state index is 0.0441.